The summed E-state index contributed by atoms with van der Waals surface area (Å²) in [7, 11) is 0. The van der Waals surface area contributed by atoms with E-state index in [1.54, 1.807) is 18.3 Å². The van der Waals surface area contributed by atoms with E-state index in [2.05, 4.69) is 10.3 Å². The molecule has 0 atom stereocenters. The molecule has 0 unspecified atom stereocenters. The van der Waals surface area contributed by atoms with Gasteiger partial charge in [0.05, 0.1) is 16.8 Å². The second kappa shape index (κ2) is 7.17. The van der Waals surface area contributed by atoms with Gasteiger partial charge in [0.2, 0.25) is 0 Å². The van der Waals surface area contributed by atoms with Crippen LogP contribution in [-0.4, -0.2) is 15.9 Å². The Balaban J connectivity index is 1.79. The van der Waals surface area contributed by atoms with E-state index in [0.29, 0.717) is 22.1 Å². The number of amides is 1. The van der Waals surface area contributed by atoms with Crippen molar-refractivity contribution < 1.29 is 4.79 Å². The Morgan fingerprint density at radius 3 is 2.52 bits per heavy atom. The zero-order chi connectivity index (χ0) is 18.8. The van der Waals surface area contributed by atoms with E-state index in [1.807, 2.05) is 61.5 Å². The molecule has 0 aliphatic carbocycles. The molecule has 0 aliphatic heterocycles. The molecule has 2 heterocycles. The van der Waals surface area contributed by atoms with Gasteiger partial charge in [0.15, 0.2) is 0 Å². The van der Waals surface area contributed by atoms with E-state index in [-0.39, 0.29) is 5.91 Å². The number of nitrogens with zero attached hydrogens (tertiary/aromatic N) is 2. The molecule has 4 nitrogen and oxygen atoms in total. The maximum atomic E-state index is 13.0. The Morgan fingerprint density at radius 1 is 1.00 bits per heavy atom. The third kappa shape index (κ3) is 3.66. The fourth-order valence-corrected chi connectivity index (χ4v) is 2.98. The number of hydrogen-bond donors (Lipinski definition) is 1. The van der Waals surface area contributed by atoms with Crippen molar-refractivity contribution in [3.63, 3.8) is 0 Å². The first-order chi connectivity index (χ1) is 13.1. The SMILES string of the molecule is Cc1ccc(NC(=O)c2cc(-c3ccc(Cl)cc3)nc3ccccc23)nc1. The van der Waals surface area contributed by atoms with Gasteiger partial charge in [-0.25, -0.2) is 9.97 Å². The second-order valence-electron chi connectivity index (χ2n) is 6.25. The molecule has 4 aromatic rings. The molecule has 1 amide bonds. The number of rotatable bonds is 3. The molecule has 2 aromatic carbocycles. The molecule has 0 saturated carbocycles. The maximum Gasteiger partial charge on any atom is 0.257 e. The Bertz CT molecular complexity index is 1120. The molecule has 0 saturated heterocycles. The van der Waals surface area contributed by atoms with Crippen molar-refractivity contribution in [1.29, 1.82) is 0 Å². The Kier molecular flexibility index (Phi) is 4.57. The van der Waals surface area contributed by atoms with Crippen molar-refractivity contribution >= 4 is 34.2 Å². The third-order valence-corrected chi connectivity index (χ3v) is 4.51. The Labute approximate surface area is 161 Å². The van der Waals surface area contributed by atoms with E-state index < -0.39 is 0 Å². The fourth-order valence-electron chi connectivity index (χ4n) is 2.86. The standard InChI is InChI=1S/C22H16ClN3O/c1-14-6-11-21(24-13-14)26-22(27)18-12-20(15-7-9-16(23)10-8-15)25-19-5-3-2-4-17(18)19/h2-13H,1H3,(H,24,26,27). The van der Waals surface area contributed by atoms with E-state index in [4.69, 9.17) is 16.6 Å². The molecule has 5 heteroatoms. The van der Waals surface area contributed by atoms with Crippen molar-refractivity contribution in [2.45, 2.75) is 6.92 Å². The number of fused-ring (bicyclic) bond motifs is 1. The number of hydrogen-bond acceptors (Lipinski definition) is 3. The molecule has 1 N–H and O–H groups in total. The number of nitrogens with one attached hydrogen (secondary N) is 1. The number of halogens is 1. The van der Waals surface area contributed by atoms with Gasteiger partial charge in [-0.3, -0.25) is 4.79 Å². The van der Waals surface area contributed by atoms with E-state index in [1.165, 1.54) is 0 Å². The van der Waals surface area contributed by atoms with E-state index in [9.17, 15) is 4.79 Å². The van der Waals surface area contributed by atoms with Crippen LogP contribution in [0.15, 0.2) is 72.9 Å². The topological polar surface area (TPSA) is 54.9 Å². The Morgan fingerprint density at radius 2 is 1.78 bits per heavy atom. The monoisotopic (exact) mass is 373 g/mol. The summed E-state index contributed by atoms with van der Waals surface area (Å²) in [5.41, 5.74) is 3.95. The summed E-state index contributed by atoms with van der Waals surface area (Å²) in [6.07, 6.45) is 1.72. The van der Waals surface area contributed by atoms with Gasteiger partial charge < -0.3 is 5.32 Å². The normalized spacial score (nSPS) is 10.7. The van der Waals surface area contributed by atoms with Gasteiger partial charge in [-0.15, -0.1) is 0 Å². The molecule has 0 radical (unpaired) electrons. The zero-order valence-electron chi connectivity index (χ0n) is 14.6. The average molecular weight is 374 g/mol. The minimum atomic E-state index is -0.222. The molecular weight excluding hydrogens is 358 g/mol. The van der Waals surface area contributed by atoms with Crippen LogP contribution >= 0.6 is 11.6 Å². The van der Waals surface area contributed by atoms with Crippen molar-refractivity contribution in [2.75, 3.05) is 5.32 Å². The first kappa shape index (κ1) is 17.2. The van der Waals surface area contributed by atoms with Gasteiger partial charge in [-0.05, 0) is 42.8 Å². The van der Waals surface area contributed by atoms with Crippen LogP contribution in [0, 0.1) is 6.92 Å². The number of aromatic nitrogens is 2. The van der Waals surface area contributed by atoms with Crippen LogP contribution in [0.1, 0.15) is 15.9 Å². The summed E-state index contributed by atoms with van der Waals surface area (Å²) in [5, 5.41) is 4.31. The summed E-state index contributed by atoms with van der Waals surface area (Å²) in [4.78, 5) is 21.9. The number of aryl methyl sites for hydroxylation is 1. The highest BCUT2D eigenvalue weighted by Crippen LogP contribution is 2.26. The molecule has 4 rings (SSSR count). The van der Waals surface area contributed by atoms with Crippen LogP contribution in [0.5, 0.6) is 0 Å². The van der Waals surface area contributed by atoms with Crippen LogP contribution in [0.4, 0.5) is 5.82 Å². The highest BCUT2D eigenvalue weighted by atomic mass is 35.5. The van der Waals surface area contributed by atoms with Crippen molar-refractivity contribution in [2.24, 2.45) is 0 Å². The van der Waals surface area contributed by atoms with Crippen LogP contribution in [0.3, 0.4) is 0 Å². The van der Waals surface area contributed by atoms with Crippen LogP contribution in [0.2, 0.25) is 5.02 Å². The number of benzene rings is 2. The average Bonchev–Trinajstić information content (AvgIpc) is 2.69. The van der Waals surface area contributed by atoms with Crippen LogP contribution in [0.25, 0.3) is 22.2 Å². The predicted molar refractivity (Wildman–Crippen MR) is 109 cm³/mol. The predicted octanol–water partition coefficient (Wildman–Crippen LogP) is 5.51. The minimum Gasteiger partial charge on any atom is -0.307 e. The summed E-state index contributed by atoms with van der Waals surface area (Å²) in [6, 6.07) is 20.5. The van der Waals surface area contributed by atoms with Crippen LogP contribution < -0.4 is 5.32 Å². The lowest BCUT2D eigenvalue weighted by molar-refractivity contribution is 0.102. The summed E-state index contributed by atoms with van der Waals surface area (Å²) >= 11 is 5.99. The van der Waals surface area contributed by atoms with Gasteiger partial charge in [0.25, 0.3) is 5.91 Å². The molecule has 2 aromatic heterocycles. The summed E-state index contributed by atoms with van der Waals surface area (Å²) in [6.45, 7) is 1.95. The lowest BCUT2D eigenvalue weighted by Gasteiger charge is -2.10. The van der Waals surface area contributed by atoms with Crippen LogP contribution in [-0.2, 0) is 0 Å². The maximum absolute atomic E-state index is 13.0. The van der Waals surface area contributed by atoms with Gasteiger partial charge in [-0.2, -0.15) is 0 Å². The van der Waals surface area contributed by atoms with Crippen molar-refractivity contribution in [3.8, 4) is 11.3 Å². The molecule has 27 heavy (non-hydrogen) atoms. The third-order valence-electron chi connectivity index (χ3n) is 4.25. The van der Waals surface area contributed by atoms with E-state index in [0.717, 1.165) is 22.0 Å². The van der Waals surface area contributed by atoms with E-state index >= 15 is 0 Å². The lowest BCUT2D eigenvalue weighted by Crippen LogP contribution is -2.14. The smallest absolute Gasteiger partial charge is 0.257 e. The first-order valence-corrected chi connectivity index (χ1v) is 8.88. The van der Waals surface area contributed by atoms with Crippen molar-refractivity contribution in [1.82, 2.24) is 9.97 Å². The second-order valence-corrected chi connectivity index (χ2v) is 6.69. The number of carbonyl (C=O) groups excluding carboxylic acids is 1. The number of para-hydroxylation sites is 1. The van der Waals surface area contributed by atoms with Gasteiger partial charge in [-0.1, -0.05) is 48.0 Å². The number of pyridine rings is 2. The molecule has 0 spiro atoms. The quantitative estimate of drug-likeness (QED) is 0.515. The highest BCUT2D eigenvalue weighted by molar-refractivity contribution is 6.30. The van der Waals surface area contributed by atoms with Gasteiger partial charge >= 0.3 is 0 Å². The minimum absolute atomic E-state index is 0.222. The largest absolute Gasteiger partial charge is 0.307 e. The first-order valence-electron chi connectivity index (χ1n) is 8.50. The fraction of sp³-hybridized carbons (Fsp3) is 0.0455. The molecule has 0 aliphatic rings. The molecule has 0 bridgehead atoms. The molecule has 0 fully saturated rings. The number of carbonyl (C=O) groups is 1. The highest BCUT2D eigenvalue weighted by Gasteiger charge is 2.14. The molecular formula is C22H16ClN3O. The lowest BCUT2D eigenvalue weighted by atomic mass is 10.0. The van der Waals surface area contributed by atoms with Gasteiger partial charge in [0.1, 0.15) is 5.82 Å². The summed E-state index contributed by atoms with van der Waals surface area (Å²) < 4.78 is 0. The summed E-state index contributed by atoms with van der Waals surface area (Å²) in [5.74, 6) is 0.291. The molecule has 132 valence electrons. The van der Waals surface area contributed by atoms with Crippen molar-refractivity contribution in [3.05, 3.63) is 89.1 Å². The van der Waals surface area contributed by atoms with Gasteiger partial charge in [0, 0.05) is 22.2 Å². The Hall–Kier alpha value is -3.24. The number of anilines is 1. The zero-order valence-corrected chi connectivity index (χ0v) is 15.4.